The van der Waals surface area contributed by atoms with Crippen molar-refractivity contribution in [3.8, 4) is 0 Å². The molecule has 0 saturated carbocycles. The number of esters is 1. The number of hydrogen-bond acceptors (Lipinski definition) is 8. The van der Waals surface area contributed by atoms with Crippen LogP contribution in [0.25, 0.3) is 0 Å². The lowest BCUT2D eigenvalue weighted by atomic mass is 10.1. The van der Waals surface area contributed by atoms with Gasteiger partial charge in [0.2, 0.25) is 0 Å². The van der Waals surface area contributed by atoms with E-state index in [1.54, 1.807) is 19.1 Å². The summed E-state index contributed by atoms with van der Waals surface area (Å²) in [6.07, 6.45) is 1.37. The standard InChI is InChI=1S/C20H17N3O7S/c1-11-9-17(22-19(25)15-7-4-8-29-15)31-18(11)20(26)30-10-16(24)21-13-5-3-6-14(12(13)2)23(27)28/h3-9H,10H2,1-2H3,(H,21,24)(H,22,25). The summed E-state index contributed by atoms with van der Waals surface area (Å²) in [6, 6.07) is 8.98. The summed E-state index contributed by atoms with van der Waals surface area (Å²) in [6.45, 7) is 2.60. The Morgan fingerprint density at radius 1 is 1.16 bits per heavy atom. The third-order valence-corrected chi connectivity index (χ3v) is 5.33. The van der Waals surface area contributed by atoms with Gasteiger partial charge in [-0.15, -0.1) is 11.3 Å². The number of thiophene rings is 1. The molecule has 0 aliphatic carbocycles. The van der Waals surface area contributed by atoms with Gasteiger partial charge in [-0.25, -0.2) is 4.79 Å². The van der Waals surface area contributed by atoms with Gasteiger partial charge >= 0.3 is 5.97 Å². The molecule has 11 heteroatoms. The fourth-order valence-electron chi connectivity index (χ4n) is 2.67. The number of carbonyl (C=O) groups is 3. The van der Waals surface area contributed by atoms with Gasteiger partial charge < -0.3 is 19.8 Å². The number of anilines is 2. The van der Waals surface area contributed by atoms with Crippen LogP contribution >= 0.6 is 11.3 Å². The number of carbonyl (C=O) groups excluding carboxylic acids is 3. The van der Waals surface area contributed by atoms with Crippen molar-refractivity contribution in [2.45, 2.75) is 13.8 Å². The minimum absolute atomic E-state index is 0.128. The van der Waals surface area contributed by atoms with Gasteiger partial charge in [0.25, 0.3) is 17.5 Å². The summed E-state index contributed by atoms with van der Waals surface area (Å²) >= 11 is 1.00. The monoisotopic (exact) mass is 443 g/mol. The molecule has 0 radical (unpaired) electrons. The Hall–Kier alpha value is -3.99. The molecule has 2 aromatic heterocycles. The maximum absolute atomic E-state index is 12.3. The summed E-state index contributed by atoms with van der Waals surface area (Å²) in [4.78, 5) is 47.2. The van der Waals surface area contributed by atoms with Crippen LogP contribution in [0.1, 0.15) is 31.4 Å². The molecule has 0 aliphatic heterocycles. The molecular weight excluding hydrogens is 426 g/mol. The van der Waals surface area contributed by atoms with Gasteiger partial charge in [0.15, 0.2) is 12.4 Å². The molecule has 0 atom stereocenters. The highest BCUT2D eigenvalue weighted by Gasteiger charge is 2.20. The smallest absolute Gasteiger partial charge is 0.349 e. The predicted molar refractivity (Wildman–Crippen MR) is 112 cm³/mol. The average molecular weight is 443 g/mol. The molecule has 31 heavy (non-hydrogen) atoms. The van der Waals surface area contributed by atoms with Crippen molar-refractivity contribution in [3.05, 3.63) is 74.5 Å². The first-order chi connectivity index (χ1) is 14.8. The molecule has 2 heterocycles. The van der Waals surface area contributed by atoms with Crippen molar-refractivity contribution in [1.29, 1.82) is 0 Å². The molecule has 0 bridgehead atoms. The summed E-state index contributed by atoms with van der Waals surface area (Å²) in [7, 11) is 0. The highest BCUT2D eigenvalue weighted by Crippen LogP contribution is 2.28. The van der Waals surface area contributed by atoms with Crippen LogP contribution in [0.15, 0.2) is 47.1 Å². The summed E-state index contributed by atoms with van der Waals surface area (Å²) in [5.41, 5.74) is 0.983. The second kappa shape index (κ2) is 9.22. The van der Waals surface area contributed by atoms with Gasteiger partial charge in [-0.05, 0) is 43.7 Å². The maximum atomic E-state index is 12.3. The second-order valence-electron chi connectivity index (χ2n) is 6.39. The Morgan fingerprint density at radius 3 is 2.61 bits per heavy atom. The van der Waals surface area contributed by atoms with E-state index in [0.717, 1.165) is 11.3 Å². The second-order valence-corrected chi connectivity index (χ2v) is 7.44. The van der Waals surface area contributed by atoms with E-state index in [9.17, 15) is 24.5 Å². The first-order valence-corrected chi connectivity index (χ1v) is 9.74. The lowest BCUT2D eigenvalue weighted by Crippen LogP contribution is -2.21. The minimum atomic E-state index is -0.730. The quantitative estimate of drug-likeness (QED) is 0.320. The molecule has 2 N–H and O–H groups in total. The van der Waals surface area contributed by atoms with Crippen LogP contribution in [0, 0.1) is 24.0 Å². The summed E-state index contributed by atoms with van der Waals surface area (Å²) < 4.78 is 10.1. The van der Waals surface area contributed by atoms with Crippen LogP contribution in [-0.4, -0.2) is 29.3 Å². The first kappa shape index (κ1) is 21.7. The molecule has 0 saturated heterocycles. The number of ether oxygens (including phenoxy) is 1. The highest BCUT2D eigenvalue weighted by molar-refractivity contribution is 7.18. The largest absolute Gasteiger partial charge is 0.459 e. The minimum Gasteiger partial charge on any atom is -0.459 e. The van der Waals surface area contributed by atoms with Crippen LogP contribution in [0.4, 0.5) is 16.4 Å². The summed E-state index contributed by atoms with van der Waals surface area (Å²) in [5, 5.41) is 16.5. The number of nitrogens with one attached hydrogen (secondary N) is 2. The van der Waals surface area contributed by atoms with Gasteiger partial charge in [-0.1, -0.05) is 6.07 Å². The van der Waals surface area contributed by atoms with Gasteiger partial charge in [0, 0.05) is 6.07 Å². The van der Waals surface area contributed by atoms with Crippen LogP contribution in [0.2, 0.25) is 0 Å². The molecule has 3 aromatic rings. The van der Waals surface area contributed by atoms with E-state index < -0.39 is 29.3 Å². The number of rotatable bonds is 7. The van der Waals surface area contributed by atoms with E-state index in [0.29, 0.717) is 16.1 Å². The van der Waals surface area contributed by atoms with Gasteiger partial charge in [-0.3, -0.25) is 19.7 Å². The van der Waals surface area contributed by atoms with E-state index >= 15 is 0 Å². The number of hydrogen-bond donors (Lipinski definition) is 2. The molecule has 10 nitrogen and oxygen atoms in total. The molecule has 0 unspecified atom stereocenters. The topological polar surface area (TPSA) is 141 Å². The fraction of sp³-hybridized carbons (Fsp3) is 0.150. The number of furan rings is 1. The third kappa shape index (κ3) is 5.14. The van der Waals surface area contributed by atoms with Gasteiger partial charge in [0.05, 0.1) is 27.4 Å². The Labute approximate surface area is 180 Å². The molecule has 160 valence electrons. The SMILES string of the molecule is Cc1cc(NC(=O)c2ccco2)sc1C(=O)OCC(=O)Nc1cccc([N+](=O)[O-])c1C. The first-order valence-electron chi connectivity index (χ1n) is 8.92. The van der Waals surface area contributed by atoms with Crippen LogP contribution in [0.3, 0.4) is 0 Å². The molecule has 0 spiro atoms. The van der Waals surface area contributed by atoms with Crippen molar-refractivity contribution in [2.75, 3.05) is 17.2 Å². The highest BCUT2D eigenvalue weighted by atomic mass is 32.1. The Bertz CT molecular complexity index is 1150. The molecule has 2 amide bonds. The number of amides is 2. The van der Waals surface area contributed by atoms with E-state index in [-0.39, 0.29) is 22.0 Å². The maximum Gasteiger partial charge on any atom is 0.349 e. The molecule has 0 aliphatic rings. The van der Waals surface area contributed by atoms with E-state index in [4.69, 9.17) is 9.15 Å². The van der Waals surface area contributed by atoms with Crippen molar-refractivity contribution in [3.63, 3.8) is 0 Å². The van der Waals surface area contributed by atoms with E-state index in [2.05, 4.69) is 10.6 Å². The fourth-order valence-corrected chi connectivity index (χ4v) is 3.63. The Morgan fingerprint density at radius 2 is 1.94 bits per heavy atom. The lowest BCUT2D eigenvalue weighted by Gasteiger charge is -2.09. The number of benzene rings is 1. The zero-order valence-electron chi connectivity index (χ0n) is 16.5. The zero-order valence-corrected chi connectivity index (χ0v) is 17.3. The Kier molecular flexibility index (Phi) is 6.46. The summed E-state index contributed by atoms with van der Waals surface area (Å²) in [5.74, 6) is -1.70. The number of nitro benzene ring substituents is 1. The zero-order chi connectivity index (χ0) is 22.5. The number of nitrogens with zero attached hydrogens (tertiary/aromatic N) is 1. The average Bonchev–Trinajstić information content (AvgIpc) is 3.37. The van der Waals surface area contributed by atoms with Crippen LogP contribution in [0.5, 0.6) is 0 Å². The molecule has 3 rings (SSSR count). The number of nitro groups is 1. The van der Waals surface area contributed by atoms with Crippen LogP contribution < -0.4 is 10.6 Å². The van der Waals surface area contributed by atoms with Crippen molar-refractivity contribution in [2.24, 2.45) is 0 Å². The Balaban J connectivity index is 1.59. The van der Waals surface area contributed by atoms with Crippen molar-refractivity contribution >= 4 is 45.5 Å². The van der Waals surface area contributed by atoms with Gasteiger partial charge in [0.1, 0.15) is 4.88 Å². The molecule has 0 fully saturated rings. The van der Waals surface area contributed by atoms with Crippen LogP contribution in [-0.2, 0) is 9.53 Å². The number of aryl methyl sites for hydroxylation is 1. The molecule has 1 aromatic carbocycles. The predicted octanol–water partition coefficient (Wildman–Crippen LogP) is 3.91. The van der Waals surface area contributed by atoms with Crippen molar-refractivity contribution < 1.29 is 28.5 Å². The van der Waals surface area contributed by atoms with E-state index in [1.165, 1.54) is 37.5 Å². The van der Waals surface area contributed by atoms with Gasteiger partial charge in [-0.2, -0.15) is 0 Å². The van der Waals surface area contributed by atoms with Crippen molar-refractivity contribution in [1.82, 2.24) is 0 Å². The normalized spacial score (nSPS) is 10.4. The van der Waals surface area contributed by atoms with E-state index in [1.807, 2.05) is 0 Å². The third-order valence-electron chi connectivity index (χ3n) is 4.20. The lowest BCUT2D eigenvalue weighted by molar-refractivity contribution is -0.385. The molecular formula is C20H17N3O7S.